The van der Waals surface area contributed by atoms with Crippen LogP contribution >= 0.6 is 27.7 Å². The van der Waals surface area contributed by atoms with Gasteiger partial charge in [-0.15, -0.1) is 11.8 Å². The van der Waals surface area contributed by atoms with Crippen LogP contribution in [-0.4, -0.2) is 21.4 Å². The molecule has 4 nitrogen and oxygen atoms in total. The monoisotopic (exact) mass is 429 g/mol. The number of carbonyl (C=O) groups is 1. The molecule has 1 amide bonds. The van der Waals surface area contributed by atoms with Gasteiger partial charge >= 0.3 is 0 Å². The smallest absolute Gasteiger partial charge is 0.234 e. The maximum atomic E-state index is 12.3. The fourth-order valence-electron chi connectivity index (χ4n) is 2.66. The highest BCUT2D eigenvalue weighted by Crippen LogP contribution is 2.23. The molecule has 0 saturated carbocycles. The Morgan fingerprint density at radius 1 is 1.12 bits per heavy atom. The normalized spacial score (nSPS) is 10.7. The van der Waals surface area contributed by atoms with Gasteiger partial charge in [0.25, 0.3) is 0 Å². The fourth-order valence-corrected chi connectivity index (χ4v) is 3.71. The second-order valence-electron chi connectivity index (χ2n) is 5.96. The van der Waals surface area contributed by atoms with Crippen molar-refractivity contribution in [2.75, 3.05) is 11.1 Å². The number of para-hydroxylation sites is 1. The summed E-state index contributed by atoms with van der Waals surface area (Å²) in [5, 5.41) is 7.57. The zero-order chi connectivity index (χ0) is 18.5. The van der Waals surface area contributed by atoms with Crippen LogP contribution < -0.4 is 5.32 Å². The Balaban J connectivity index is 1.61. The average Bonchev–Trinajstić information content (AvgIpc) is 2.92. The molecule has 134 valence electrons. The van der Waals surface area contributed by atoms with E-state index in [9.17, 15) is 4.79 Å². The van der Waals surface area contributed by atoms with E-state index in [2.05, 4.69) is 38.5 Å². The maximum Gasteiger partial charge on any atom is 0.234 e. The molecule has 0 unspecified atom stereocenters. The van der Waals surface area contributed by atoms with Crippen molar-refractivity contribution in [1.82, 2.24) is 9.78 Å². The lowest BCUT2D eigenvalue weighted by atomic mass is 10.2. The molecule has 0 aliphatic heterocycles. The summed E-state index contributed by atoms with van der Waals surface area (Å²) in [6.45, 7) is 3.88. The molecule has 6 heteroatoms. The van der Waals surface area contributed by atoms with Gasteiger partial charge < -0.3 is 5.32 Å². The first-order chi connectivity index (χ1) is 12.5. The molecule has 0 fully saturated rings. The van der Waals surface area contributed by atoms with E-state index in [0.29, 0.717) is 5.75 Å². The fraction of sp³-hybridized carbons (Fsp3) is 0.200. The van der Waals surface area contributed by atoms with Crippen LogP contribution in [0, 0.1) is 13.8 Å². The van der Waals surface area contributed by atoms with Crippen molar-refractivity contribution in [1.29, 1.82) is 0 Å². The van der Waals surface area contributed by atoms with Crippen LogP contribution in [0.4, 0.5) is 5.69 Å². The Hall–Kier alpha value is -2.05. The van der Waals surface area contributed by atoms with Gasteiger partial charge in [-0.1, -0.05) is 46.3 Å². The van der Waals surface area contributed by atoms with Crippen molar-refractivity contribution in [3.63, 3.8) is 0 Å². The molecule has 0 atom stereocenters. The van der Waals surface area contributed by atoms with Crippen LogP contribution in [0.1, 0.15) is 17.0 Å². The van der Waals surface area contributed by atoms with Crippen molar-refractivity contribution in [3.8, 4) is 5.69 Å². The van der Waals surface area contributed by atoms with Crippen LogP contribution in [0.15, 0.2) is 59.1 Å². The van der Waals surface area contributed by atoms with E-state index in [-0.39, 0.29) is 5.91 Å². The minimum atomic E-state index is -0.00840. The Bertz CT molecular complexity index is 891. The first-order valence-corrected chi connectivity index (χ1v) is 10.2. The Kier molecular flexibility index (Phi) is 6.16. The molecule has 0 aliphatic rings. The molecule has 1 aromatic heterocycles. The predicted molar refractivity (Wildman–Crippen MR) is 112 cm³/mol. The van der Waals surface area contributed by atoms with E-state index in [1.807, 2.05) is 61.0 Å². The lowest BCUT2D eigenvalue weighted by molar-refractivity contribution is -0.113. The van der Waals surface area contributed by atoms with Gasteiger partial charge in [0.05, 0.1) is 28.5 Å². The Labute approximate surface area is 166 Å². The molecule has 3 rings (SSSR count). The molecule has 3 aromatic rings. The number of thioether (sulfide) groups is 1. The van der Waals surface area contributed by atoms with Crippen LogP contribution in [0.25, 0.3) is 5.69 Å². The van der Waals surface area contributed by atoms with Gasteiger partial charge in [-0.25, -0.2) is 4.68 Å². The summed E-state index contributed by atoms with van der Waals surface area (Å²) in [7, 11) is 0. The number of nitrogens with zero attached hydrogens (tertiary/aromatic N) is 2. The molecule has 26 heavy (non-hydrogen) atoms. The second kappa shape index (κ2) is 8.56. The average molecular weight is 430 g/mol. The van der Waals surface area contributed by atoms with Crippen LogP contribution in [0.5, 0.6) is 0 Å². The van der Waals surface area contributed by atoms with Gasteiger partial charge in [-0.3, -0.25) is 4.79 Å². The van der Waals surface area contributed by atoms with Gasteiger partial charge in [0.15, 0.2) is 0 Å². The van der Waals surface area contributed by atoms with Gasteiger partial charge in [0.1, 0.15) is 0 Å². The molecule has 2 aromatic carbocycles. The number of aromatic nitrogens is 2. The predicted octanol–water partition coefficient (Wildman–Crippen LogP) is 5.12. The molecule has 0 bridgehead atoms. The molecule has 0 aliphatic carbocycles. The summed E-state index contributed by atoms with van der Waals surface area (Å²) in [5.41, 5.74) is 4.73. The third-order valence-electron chi connectivity index (χ3n) is 3.97. The van der Waals surface area contributed by atoms with E-state index in [1.54, 1.807) is 11.8 Å². The van der Waals surface area contributed by atoms with E-state index in [1.165, 1.54) is 5.56 Å². The van der Waals surface area contributed by atoms with Crippen molar-refractivity contribution >= 4 is 39.3 Å². The number of benzene rings is 2. The van der Waals surface area contributed by atoms with Gasteiger partial charge in [-0.2, -0.15) is 5.10 Å². The summed E-state index contributed by atoms with van der Waals surface area (Å²) in [6.07, 6.45) is 0. The van der Waals surface area contributed by atoms with E-state index in [4.69, 9.17) is 0 Å². The second-order valence-corrected chi connectivity index (χ2v) is 7.86. The minimum Gasteiger partial charge on any atom is -0.322 e. The standard InChI is InChI=1S/C20H20BrN3OS/c1-14-20(15(2)24(23-14)18-6-4-3-5-7-18)22-19(25)13-26-12-16-8-10-17(21)11-9-16/h3-11H,12-13H2,1-2H3,(H,22,25). The topological polar surface area (TPSA) is 46.9 Å². The maximum absolute atomic E-state index is 12.3. The third-order valence-corrected chi connectivity index (χ3v) is 5.50. The lowest BCUT2D eigenvalue weighted by Crippen LogP contribution is -2.15. The Morgan fingerprint density at radius 2 is 1.81 bits per heavy atom. The zero-order valence-corrected chi connectivity index (χ0v) is 17.1. The van der Waals surface area contributed by atoms with Crippen LogP contribution in [0.3, 0.4) is 0 Å². The summed E-state index contributed by atoms with van der Waals surface area (Å²) >= 11 is 5.03. The lowest BCUT2D eigenvalue weighted by Gasteiger charge is -2.07. The molecule has 1 N–H and O–H groups in total. The zero-order valence-electron chi connectivity index (χ0n) is 14.7. The summed E-state index contributed by atoms with van der Waals surface area (Å²) in [5.74, 6) is 1.21. The summed E-state index contributed by atoms with van der Waals surface area (Å²) in [6, 6.07) is 18.1. The molecule has 0 radical (unpaired) electrons. The number of hydrogen-bond acceptors (Lipinski definition) is 3. The highest BCUT2D eigenvalue weighted by Gasteiger charge is 2.15. The number of rotatable bonds is 6. The minimum absolute atomic E-state index is 0.00840. The molecule has 0 spiro atoms. The number of halogens is 1. The van der Waals surface area contributed by atoms with Gasteiger partial charge in [0.2, 0.25) is 5.91 Å². The first kappa shape index (κ1) is 18.7. The molecular weight excluding hydrogens is 410 g/mol. The number of nitrogens with one attached hydrogen (secondary N) is 1. The summed E-state index contributed by atoms with van der Waals surface area (Å²) < 4.78 is 2.92. The molecule has 0 saturated heterocycles. The number of amides is 1. The van der Waals surface area contributed by atoms with E-state index < -0.39 is 0 Å². The van der Waals surface area contributed by atoms with Crippen LogP contribution in [0.2, 0.25) is 0 Å². The van der Waals surface area contributed by atoms with Gasteiger partial charge in [-0.05, 0) is 43.7 Å². The number of hydrogen-bond donors (Lipinski definition) is 1. The number of anilines is 1. The largest absolute Gasteiger partial charge is 0.322 e. The van der Waals surface area contributed by atoms with Crippen LogP contribution in [-0.2, 0) is 10.5 Å². The highest BCUT2D eigenvalue weighted by atomic mass is 79.9. The van der Waals surface area contributed by atoms with Gasteiger partial charge in [0, 0.05) is 10.2 Å². The highest BCUT2D eigenvalue weighted by molar-refractivity contribution is 9.10. The first-order valence-electron chi connectivity index (χ1n) is 8.28. The van der Waals surface area contributed by atoms with E-state index in [0.717, 1.165) is 33.0 Å². The number of carbonyl (C=O) groups excluding carboxylic acids is 1. The quantitative estimate of drug-likeness (QED) is 0.590. The SMILES string of the molecule is Cc1nn(-c2ccccc2)c(C)c1NC(=O)CSCc1ccc(Br)cc1. The Morgan fingerprint density at radius 3 is 2.50 bits per heavy atom. The molecule has 1 heterocycles. The van der Waals surface area contributed by atoms with Crippen molar-refractivity contribution in [2.24, 2.45) is 0 Å². The van der Waals surface area contributed by atoms with Crippen molar-refractivity contribution in [3.05, 3.63) is 76.0 Å². The van der Waals surface area contributed by atoms with Crippen molar-refractivity contribution < 1.29 is 4.79 Å². The van der Waals surface area contributed by atoms with Crippen molar-refractivity contribution in [2.45, 2.75) is 19.6 Å². The number of aryl methyl sites for hydroxylation is 1. The molecular formula is C20H20BrN3OS. The van der Waals surface area contributed by atoms with E-state index >= 15 is 0 Å². The summed E-state index contributed by atoms with van der Waals surface area (Å²) in [4.78, 5) is 12.3. The third kappa shape index (κ3) is 4.56.